The van der Waals surface area contributed by atoms with Crippen molar-refractivity contribution in [3.8, 4) is 0 Å². The highest BCUT2D eigenvalue weighted by atomic mass is 19.1. The normalized spacial score (nSPS) is 32.6. The monoisotopic (exact) mass is 421 g/mol. The van der Waals surface area contributed by atoms with Gasteiger partial charge in [-0.3, -0.25) is 4.79 Å². The lowest BCUT2D eigenvalue weighted by Gasteiger charge is -2.27. The first-order chi connectivity index (χ1) is 14.1. The quantitative estimate of drug-likeness (QED) is 0.796. The van der Waals surface area contributed by atoms with Crippen LogP contribution in [0.15, 0.2) is 17.1 Å². The van der Waals surface area contributed by atoms with Crippen molar-refractivity contribution in [2.45, 2.75) is 56.0 Å². The Bertz CT molecular complexity index is 1150. The van der Waals surface area contributed by atoms with E-state index in [1.807, 2.05) is 0 Å². The number of benzene rings is 1. The number of anilines is 1. The Kier molecular flexibility index (Phi) is 3.88. The summed E-state index contributed by atoms with van der Waals surface area (Å²) in [4.78, 5) is 25.8. The van der Waals surface area contributed by atoms with Gasteiger partial charge in [-0.2, -0.15) is 0 Å². The summed E-state index contributed by atoms with van der Waals surface area (Å²) >= 11 is 0. The van der Waals surface area contributed by atoms with Gasteiger partial charge in [0.1, 0.15) is 23.2 Å². The van der Waals surface area contributed by atoms with Crippen molar-refractivity contribution in [1.82, 2.24) is 4.57 Å². The maximum absolute atomic E-state index is 15.4. The van der Waals surface area contributed by atoms with E-state index in [1.165, 1.54) is 4.57 Å². The number of rotatable bonds is 3. The molecule has 1 aliphatic heterocycles. The summed E-state index contributed by atoms with van der Waals surface area (Å²) in [5.74, 6) is -2.20. The van der Waals surface area contributed by atoms with Crippen LogP contribution in [-0.4, -0.2) is 46.1 Å². The van der Waals surface area contributed by atoms with Crippen LogP contribution in [-0.2, 0) is 0 Å². The number of aryl methyl sites for hydroxylation is 1. The smallest absolute Gasteiger partial charge is 0.341 e. The molecule has 6 nitrogen and oxygen atoms in total. The third-order valence-corrected chi connectivity index (χ3v) is 7.07. The van der Waals surface area contributed by atoms with E-state index in [0.717, 1.165) is 12.3 Å². The summed E-state index contributed by atoms with van der Waals surface area (Å²) in [5, 5.41) is 9.25. The highest BCUT2D eigenvalue weighted by molar-refractivity contribution is 5.95. The average Bonchev–Trinajstić information content (AvgIpc) is 3.22. The van der Waals surface area contributed by atoms with Crippen molar-refractivity contribution in [3.63, 3.8) is 0 Å². The van der Waals surface area contributed by atoms with Crippen molar-refractivity contribution in [2.24, 2.45) is 5.73 Å². The van der Waals surface area contributed by atoms with Gasteiger partial charge in [-0.25, -0.2) is 18.0 Å². The molecule has 1 saturated heterocycles. The van der Waals surface area contributed by atoms with Gasteiger partial charge in [-0.1, -0.05) is 0 Å². The number of alkyl halides is 2. The Morgan fingerprint density at radius 1 is 1.33 bits per heavy atom. The maximum atomic E-state index is 15.4. The van der Waals surface area contributed by atoms with Crippen molar-refractivity contribution in [2.75, 3.05) is 18.0 Å². The molecular formula is C21H22F3N3O3. The summed E-state index contributed by atoms with van der Waals surface area (Å²) in [5.41, 5.74) is 3.04. The van der Waals surface area contributed by atoms with E-state index in [2.05, 4.69) is 0 Å². The second-order valence-corrected chi connectivity index (χ2v) is 8.96. The summed E-state index contributed by atoms with van der Waals surface area (Å²) in [6.45, 7) is 1.67. The van der Waals surface area contributed by atoms with E-state index in [9.17, 15) is 19.1 Å². The fraction of sp³-hybridized carbons (Fsp3) is 0.524. The molecule has 2 saturated carbocycles. The molecule has 3 aliphatic rings. The number of aromatic carboxylic acids is 1. The van der Waals surface area contributed by atoms with Gasteiger partial charge in [-0.15, -0.1) is 0 Å². The molecule has 1 aromatic carbocycles. The number of carboxylic acids is 1. The molecule has 0 unspecified atom stereocenters. The molecule has 0 amide bonds. The molecule has 0 spiro atoms. The van der Waals surface area contributed by atoms with Crippen molar-refractivity contribution in [3.05, 3.63) is 39.4 Å². The predicted octanol–water partition coefficient (Wildman–Crippen LogP) is 2.84. The highest BCUT2D eigenvalue weighted by Crippen LogP contribution is 2.49. The van der Waals surface area contributed by atoms with Crippen LogP contribution < -0.4 is 16.1 Å². The zero-order valence-corrected chi connectivity index (χ0v) is 16.4. The van der Waals surface area contributed by atoms with Gasteiger partial charge in [0, 0.05) is 24.5 Å². The lowest BCUT2D eigenvalue weighted by Crippen LogP contribution is -2.53. The first-order valence-electron chi connectivity index (χ1n) is 10.0. The minimum atomic E-state index is -1.62. The van der Waals surface area contributed by atoms with Gasteiger partial charge >= 0.3 is 5.97 Å². The fourth-order valence-electron chi connectivity index (χ4n) is 5.38. The number of hydrogen-bond acceptors (Lipinski definition) is 4. The Morgan fingerprint density at radius 2 is 2.03 bits per heavy atom. The van der Waals surface area contributed by atoms with Crippen LogP contribution in [0.3, 0.4) is 0 Å². The zero-order valence-electron chi connectivity index (χ0n) is 16.4. The van der Waals surface area contributed by atoms with Crippen LogP contribution in [0.2, 0.25) is 0 Å². The van der Waals surface area contributed by atoms with E-state index in [0.29, 0.717) is 24.8 Å². The third kappa shape index (κ3) is 2.47. The summed E-state index contributed by atoms with van der Waals surface area (Å²) in [6, 6.07) is 0.371. The van der Waals surface area contributed by atoms with Crippen LogP contribution in [0.5, 0.6) is 0 Å². The van der Waals surface area contributed by atoms with Gasteiger partial charge in [-0.05, 0) is 37.8 Å². The van der Waals surface area contributed by atoms with E-state index < -0.39 is 46.2 Å². The standard InChI is InChI=1S/C21H22F3N3O3/c1-10-16-11(18(28)12(19(29)30)7-27(16)15-6-13(15)22)5-14(23)17(10)26-8-20(24)3-2-4-21(20,25)9-26/h5,7,13,15H,2-4,6,8-9,25H2,1H3,(H,29,30)/t13-,15-,20-,21+/m0/s1. The molecule has 30 heavy (non-hydrogen) atoms. The number of carbonyl (C=O) groups is 1. The van der Waals surface area contributed by atoms with Crippen molar-refractivity contribution in [1.29, 1.82) is 0 Å². The second kappa shape index (κ2) is 6.00. The Morgan fingerprint density at radius 3 is 2.63 bits per heavy atom. The Hall–Kier alpha value is -2.55. The molecule has 2 aromatic rings. The van der Waals surface area contributed by atoms with Gasteiger partial charge < -0.3 is 20.3 Å². The number of nitrogens with two attached hydrogens (primary N) is 1. The molecule has 3 N–H and O–H groups in total. The predicted molar refractivity (Wildman–Crippen MR) is 105 cm³/mol. The van der Waals surface area contributed by atoms with Crippen LogP contribution in [0.1, 0.15) is 47.6 Å². The lowest BCUT2D eigenvalue weighted by molar-refractivity contribution is 0.0694. The molecule has 2 heterocycles. The number of hydrogen-bond donors (Lipinski definition) is 2. The fourth-order valence-corrected chi connectivity index (χ4v) is 5.38. The Labute approximate surface area is 170 Å². The van der Waals surface area contributed by atoms with Gasteiger partial charge in [0.25, 0.3) is 0 Å². The number of nitrogens with zero attached hydrogens (tertiary/aromatic N) is 2. The van der Waals surface area contributed by atoms with Gasteiger partial charge in [0.05, 0.1) is 29.3 Å². The summed E-state index contributed by atoms with van der Waals surface area (Å²) < 4.78 is 45.9. The minimum Gasteiger partial charge on any atom is -0.477 e. The van der Waals surface area contributed by atoms with Crippen LogP contribution in [0, 0.1) is 12.7 Å². The van der Waals surface area contributed by atoms with Crippen molar-refractivity contribution >= 4 is 22.6 Å². The molecule has 9 heteroatoms. The van der Waals surface area contributed by atoms with Crippen LogP contribution in [0.25, 0.3) is 10.9 Å². The van der Waals surface area contributed by atoms with E-state index in [4.69, 9.17) is 5.73 Å². The molecular weight excluding hydrogens is 399 g/mol. The number of fused-ring (bicyclic) bond motifs is 2. The van der Waals surface area contributed by atoms with E-state index in [1.54, 1.807) is 11.8 Å². The number of aromatic nitrogens is 1. The van der Waals surface area contributed by atoms with Crippen LogP contribution >= 0.6 is 0 Å². The Balaban J connectivity index is 1.73. The summed E-state index contributed by atoms with van der Waals surface area (Å²) in [6.07, 6.45) is 1.65. The maximum Gasteiger partial charge on any atom is 0.341 e. The molecule has 1 aromatic heterocycles. The number of carboxylic acid groups (broad SMARTS) is 1. The molecule has 0 bridgehead atoms. The minimum absolute atomic E-state index is 0.0562. The molecule has 3 fully saturated rings. The second-order valence-electron chi connectivity index (χ2n) is 8.96. The first kappa shape index (κ1) is 19.4. The van der Waals surface area contributed by atoms with Gasteiger partial charge in [0.2, 0.25) is 5.43 Å². The van der Waals surface area contributed by atoms with Gasteiger partial charge in [0.15, 0.2) is 0 Å². The molecule has 160 valence electrons. The number of pyridine rings is 1. The third-order valence-electron chi connectivity index (χ3n) is 7.07. The molecule has 0 radical (unpaired) electrons. The topological polar surface area (TPSA) is 88.6 Å². The first-order valence-corrected chi connectivity index (χ1v) is 10.0. The van der Waals surface area contributed by atoms with Crippen LogP contribution in [0.4, 0.5) is 18.9 Å². The molecule has 4 atom stereocenters. The zero-order chi connectivity index (χ0) is 21.6. The highest BCUT2D eigenvalue weighted by Gasteiger charge is 2.60. The largest absolute Gasteiger partial charge is 0.477 e. The molecule has 2 aliphatic carbocycles. The van der Waals surface area contributed by atoms with E-state index >= 15 is 8.78 Å². The number of halogens is 3. The van der Waals surface area contributed by atoms with Crippen molar-refractivity contribution < 1.29 is 23.1 Å². The lowest BCUT2D eigenvalue weighted by atomic mass is 9.89. The average molecular weight is 421 g/mol. The summed E-state index contributed by atoms with van der Waals surface area (Å²) in [7, 11) is 0. The molecule has 5 rings (SSSR count). The SMILES string of the molecule is Cc1c(N2C[C@]3(N)CCC[C@]3(F)C2)c(F)cc2c(=O)c(C(=O)O)cn([C@H]3C[C@@H]3F)c12. The van der Waals surface area contributed by atoms with E-state index in [-0.39, 0.29) is 36.1 Å².